The van der Waals surface area contributed by atoms with Gasteiger partial charge in [0.25, 0.3) is 0 Å². The number of halogens is 2. The third kappa shape index (κ3) is 6.02. The largest absolute Gasteiger partial charge is 0.435 e. The number of amides is 2. The lowest BCUT2D eigenvalue weighted by molar-refractivity contribution is -0.0503. The van der Waals surface area contributed by atoms with Crippen LogP contribution in [-0.4, -0.2) is 54.4 Å². The average Bonchev–Trinajstić information content (AvgIpc) is 2.58. The molecule has 0 aliphatic carbocycles. The normalized spacial score (nSPS) is 24.4. The number of urea groups is 1. The Bertz CT molecular complexity index is 711. The Hall–Kier alpha value is -1.93. The summed E-state index contributed by atoms with van der Waals surface area (Å²) >= 11 is 0. The number of carbonyl (C=O) groups excluding carboxylic acids is 1. The third-order valence-corrected chi connectivity index (χ3v) is 5.33. The van der Waals surface area contributed by atoms with Crippen LogP contribution >= 0.6 is 0 Å². The number of ether oxygens (including phenoxy) is 2. The fraction of sp³-hybridized carbons (Fsp3) is 0.667. The van der Waals surface area contributed by atoms with E-state index >= 15 is 0 Å². The van der Waals surface area contributed by atoms with Crippen molar-refractivity contribution in [3.8, 4) is 5.75 Å². The standard InChI is InChI=1S/C21H31F2N3O3/c1-20(2)11-15(12-21(3,4)25-20)24-19(27)26-8-9-28-17(13-26)14-6-5-7-16(10-14)29-18(22)23/h5-7,10,15,17-18,25H,8-9,11-13H2,1-4H3,(H,24,27). The van der Waals surface area contributed by atoms with Gasteiger partial charge in [0.15, 0.2) is 0 Å². The fourth-order valence-corrected chi connectivity index (χ4v) is 4.62. The van der Waals surface area contributed by atoms with E-state index in [-0.39, 0.29) is 35.0 Å². The van der Waals surface area contributed by atoms with Crippen molar-refractivity contribution in [1.29, 1.82) is 0 Å². The molecule has 1 aromatic rings. The van der Waals surface area contributed by atoms with E-state index in [0.717, 1.165) is 12.8 Å². The van der Waals surface area contributed by atoms with Crippen molar-refractivity contribution in [3.63, 3.8) is 0 Å². The van der Waals surface area contributed by atoms with Gasteiger partial charge in [0.1, 0.15) is 11.9 Å². The van der Waals surface area contributed by atoms with Gasteiger partial charge in [-0.3, -0.25) is 0 Å². The molecular weight excluding hydrogens is 380 g/mol. The Morgan fingerprint density at radius 1 is 1.28 bits per heavy atom. The highest BCUT2D eigenvalue weighted by Gasteiger charge is 2.39. The summed E-state index contributed by atoms with van der Waals surface area (Å²) in [7, 11) is 0. The van der Waals surface area contributed by atoms with Gasteiger partial charge in [0, 0.05) is 23.7 Å². The van der Waals surface area contributed by atoms with Gasteiger partial charge in [-0.15, -0.1) is 0 Å². The molecule has 2 N–H and O–H groups in total. The van der Waals surface area contributed by atoms with Crippen molar-refractivity contribution in [2.45, 2.75) is 70.4 Å². The smallest absolute Gasteiger partial charge is 0.387 e. The van der Waals surface area contributed by atoms with Gasteiger partial charge in [-0.1, -0.05) is 12.1 Å². The first-order valence-electron chi connectivity index (χ1n) is 10.0. The van der Waals surface area contributed by atoms with Crippen molar-refractivity contribution in [2.75, 3.05) is 19.7 Å². The van der Waals surface area contributed by atoms with Crippen molar-refractivity contribution in [1.82, 2.24) is 15.5 Å². The number of hydrogen-bond donors (Lipinski definition) is 2. The molecule has 2 heterocycles. The van der Waals surface area contributed by atoms with Crippen LogP contribution in [0.2, 0.25) is 0 Å². The molecule has 0 aromatic heterocycles. The summed E-state index contributed by atoms with van der Waals surface area (Å²) in [4.78, 5) is 14.6. The highest BCUT2D eigenvalue weighted by atomic mass is 19.3. The Kier molecular flexibility index (Phi) is 6.33. The summed E-state index contributed by atoms with van der Waals surface area (Å²) in [6.07, 6.45) is 1.32. The molecular formula is C21H31F2N3O3. The van der Waals surface area contributed by atoms with E-state index < -0.39 is 6.61 Å². The lowest BCUT2D eigenvalue weighted by atomic mass is 9.79. The zero-order valence-corrected chi connectivity index (χ0v) is 17.5. The van der Waals surface area contributed by atoms with Gasteiger partial charge in [-0.2, -0.15) is 8.78 Å². The average molecular weight is 411 g/mol. The zero-order chi connectivity index (χ0) is 21.2. The maximum atomic E-state index is 12.9. The Balaban J connectivity index is 1.62. The van der Waals surface area contributed by atoms with E-state index in [1.807, 2.05) is 0 Å². The predicted octanol–water partition coefficient (Wildman–Crippen LogP) is 3.68. The van der Waals surface area contributed by atoms with Crippen LogP contribution in [0, 0.1) is 0 Å². The summed E-state index contributed by atoms with van der Waals surface area (Å²) in [6, 6.07) is 6.42. The lowest BCUT2D eigenvalue weighted by Crippen LogP contribution is -2.63. The first kappa shape index (κ1) is 21.8. The summed E-state index contributed by atoms with van der Waals surface area (Å²) in [6.45, 7) is 6.95. The van der Waals surface area contributed by atoms with E-state index in [2.05, 4.69) is 43.1 Å². The molecule has 0 bridgehead atoms. The van der Waals surface area contributed by atoms with E-state index in [1.54, 1.807) is 17.0 Å². The molecule has 29 heavy (non-hydrogen) atoms. The fourth-order valence-electron chi connectivity index (χ4n) is 4.62. The highest BCUT2D eigenvalue weighted by molar-refractivity contribution is 5.74. The van der Waals surface area contributed by atoms with Crippen LogP contribution in [0.1, 0.15) is 52.2 Å². The van der Waals surface area contributed by atoms with Crippen molar-refractivity contribution >= 4 is 6.03 Å². The van der Waals surface area contributed by atoms with Gasteiger partial charge in [0.2, 0.25) is 0 Å². The molecule has 162 valence electrons. The van der Waals surface area contributed by atoms with E-state index in [4.69, 9.17) is 4.74 Å². The summed E-state index contributed by atoms with van der Waals surface area (Å²) in [5.41, 5.74) is 0.598. The van der Waals surface area contributed by atoms with Gasteiger partial charge in [0.05, 0.1) is 13.2 Å². The van der Waals surface area contributed by atoms with Crippen LogP contribution in [0.15, 0.2) is 24.3 Å². The molecule has 0 spiro atoms. The van der Waals surface area contributed by atoms with Crippen molar-refractivity contribution in [3.05, 3.63) is 29.8 Å². The molecule has 1 atom stereocenters. The van der Waals surface area contributed by atoms with Gasteiger partial charge >= 0.3 is 12.6 Å². The molecule has 1 aromatic carbocycles. The van der Waals surface area contributed by atoms with E-state index in [0.29, 0.717) is 25.3 Å². The zero-order valence-electron chi connectivity index (χ0n) is 17.5. The molecule has 2 aliphatic rings. The second-order valence-corrected chi connectivity index (χ2v) is 9.20. The van der Waals surface area contributed by atoms with Crippen LogP contribution in [0.4, 0.5) is 13.6 Å². The topological polar surface area (TPSA) is 62.8 Å². The Morgan fingerprint density at radius 3 is 2.62 bits per heavy atom. The molecule has 2 saturated heterocycles. The molecule has 2 aliphatic heterocycles. The lowest BCUT2D eigenvalue weighted by Gasteiger charge is -2.47. The first-order chi connectivity index (χ1) is 13.5. The Morgan fingerprint density at radius 2 is 1.97 bits per heavy atom. The first-order valence-corrected chi connectivity index (χ1v) is 10.0. The van der Waals surface area contributed by atoms with Crippen LogP contribution in [-0.2, 0) is 4.74 Å². The molecule has 0 saturated carbocycles. The van der Waals surface area contributed by atoms with Gasteiger partial charge in [-0.05, 0) is 58.2 Å². The number of carbonyl (C=O) groups is 1. The number of morpholine rings is 1. The van der Waals surface area contributed by atoms with Crippen LogP contribution in [0.3, 0.4) is 0 Å². The number of piperidine rings is 1. The Labute approximate surface area is 170 Å². The summed E-state index contributed by atoms with van der Waals surface area (Å²) in [5, 5.41) is 6.79. The quantitative estimate of drug-likeness (QED) is 0.794. The number of hydrogen-bond acceptors (Lipinski definition) is 4. The molecule has 0 radical (unpaired) electrons. The number of nitrogens with one attached hydrogen (secondary N) is 2. The van der Waals surface area contributed by atoms with Gasteiger partial charge < -0.3 is 25.0 Å². The maximum absolute atomic E-state index is 12.9. The second kappa shape index (κ2) is 8.44. The molecule has 2 amide bonds. The minimum atomic E-state index is -2.88. The minimum absolute atomic E-state index is 0.0572. The van der Waals surface area contributed by atoms with Crippen LogP contribution in [0.25, 0.3) is 0 Å². The maximum Gasteiger partial charge on any atom is 0.387 e. The molecule has 6 nitrogen and oxygen atoms in total. The van der Waals surface area contributed by atoms with Crippen LogP contribution in [0.5, 0.6) is 5.75 Å². The highest BCUT2D eigenvalue weighted by Crippen LogP contribution is 2.29. The number of rotatable bonds is 4. The number of benzene rings is 1. The SMILES string of the molecule is CC1(C)CC(NC(=O)N2CCOC(c3cccc(OC(F)F)c3)C2)CC(C)(C)N1. The minimum Gasteiger partial charge on any atom is -0.435 e. The third-order valence-electron chi connectivity index (χ3n) is 5.33. The second-order valence-electron chi connectivity index (χ2n) is 9.20. The van der Waals surface area contributed by atoms with E-state index in [9.17, 15) is 13.6 Å². The monoisotopic (exact) mass is 411 g/mol. The number of nitrogens with zero attached hydrogens (tertiary/aromatic N) is 1. The predicted molar refractivity (Wildman–Crippen MR) is 106 cm³/mol. The summed E-state index contributed by atoms with van der Waals surface area (Å²) in [5.74, 6) is 0.0850. The van der Waals surface area contributed by atoms with E-state index in [1.165, 1.54) is 12.1 Å². The van der Waals surface area contributed by atoms with Gasteiger partial charge in [-0.25, -0.2) is 4.79 Å². The van der Waals surface area contributed by atoms with Crippen LogP contribution < -0.4 is 15.4 Å². The van der Waals surface area contributed by atoms with Crippen molar-refractivity contribution in [2.24, 2.45) is 0 Å². The number of alkyl halides is 2. The van der Waals surface area contributed by atoms with Crippen molar-refractivity contribution < 1.29 is 23.0 Å². The molecule has 8 heteroatoms. The summed E-state index contributed by atoms with van der Waals surface area (Å²) < 4.78 is 35.2. The molecule has 2 fully saturated rings. The molecule has 3 rings (SSSR count). The molecule has 1 unspecified atom stereocenters.